The Balaban J connectivity index is 1.61. The van der Waals surface area contributed by atoms with Gasteiger partial charge in [0.1, 0.15) is 0 Å². The molecule has 1 heterocycles. The van der Waals surface area contributed by atoms with Crippen LogP contribution in [0.1, 0.15) is 11.1 Å². The van der Waals surface area contributed by atoms with Crippen LogP contribution in [0.2, 0.25) is 5.02 Å². The van der Waals surface area contributed by atoms with Crippen LogP contribution in [0.15, 0.2) is 54.7 Å². The van der Waals surface area contributed by atoms with Crippen molar-refractivity contribution in [3.8, 4) is 0 Å². The topological polar surface area (TPSA) is 62.7 Å². The van der Waals surface area contributed by atoms with Crippen LogP contribution < -0.4 is 10.6 Å². The number of nitrogens with zero attached hydrogens (tertiary/aromatic N) is 3. The first-order valence-corrected chi connectivity index (χ1v) is 8.09. The third kappa shape index (κ3) is 4.43. The van der Waals surface area contributed by atoms with E-state index in [4.69, 9.17) is 11.6 Å². The van der Waals surface area contributed by atoms with E-state index in [0.717, 1.165) is 24.2 Å². The molecule has 1 aromatic heterocycles. The van der Waals surface area contributed by atoms with E-state index < -0.39 is 0 Å². The quantitative estimate of drug-likeness (QED) is 0.703. The molecule has 0 amide bonds. The Labute approximate surface area is 146 Å². The van der Waals surface area contributed by atoms with Crippen LogP contribution in [0.5, 0.6) is 0 Å². The van der Waals surface area contributed by atoms with Gasteiger partial charge in [-0.1, -0.05) is 41.9 Å². The molecule has 2 N–H and O–H groups in total. The number of aromatic nitrogens is 3. The monoisotopic (exact) mass is 339 g/mol. The Morgan fingerprint density at radius 1 is 1.08 bits per heavy atom. The van der Waals surface area contributed by atoms with Crippen molar-refractivity contribution in [1.82, 2.24) is 15.2 Å². The van der Waals surface area contributed by atoms with E-state index in [1.807, 2.05) is 43.3 Å². The van der Waals surface area contributed by atoms with Gasteiger partial charge in [0.2, 0.25) is 5.95 Å². The summed E-state index contributed by atoms with van der Waals surface area (Å²) >= 11 is 5.97. The van der Waals surface area contributed by atoms with Gasteiger partial charge in [-0.25, -0.2) is 0 Å². The second-order valence-electron chi connectivity index (χ2n) is 5.41. The lowest BCUT2D eigenvalue weighted by Crippen LogP contribution is -2.09. The highest BCUT2D eigenvalue weighted by molar-refractivity contribution is 6.30. The number of hydrogen-bond acceptors (Lipinski definition) is 5. The van der Waals surface area contributed by atoms with Gasteiger partial charge in [-0.05, 0) is 42.7 Å². The van der Waals surface area contributed by atoms with Crippen molar-refractivity contribution in [2.24, 2.45) is 0 Å². The maximum absolute atomic E-state index is 5.97. The summed E-state index contributed by atoms with van der Waals surface area (Å²) < 4.78 is 0. The smallest absolute Gasteiger partial charge is 0.249 e. The molecule has 0 radical (unpaired) electrons. The molecule has 0 aliphatic rings. The number of rotatable bonds is 6. The lowest BCUT2D eigenvalue weighted by atomic mass is 10.1. The molecule has 0 saturated carbocycles. The molecular weight excluding hydrogens is 322 g/mol. The molecule has 3 rings (SSSR count). The number of nitrogens with one attached hydrogen (secondary N) is 2. The van der Waals surface area contributed by atoms with E-state index >= 15 is 0 Å². The lowest BCUT2D eigenvalue weighted by Gasteiger charge is -2.09. The number of halogens is 1. The second kappa shape index (κ2) is 7.75. The molecule has 24 heavy (non-hydrogen) atoms. The van der Waals surface area contributed by atoms with Crippen LogP contribution in [-0.2, 0) is 6.42 Å². The molecule has 0 atom stereocenters. The van der Waals surface area contributed by atoms with Gasteiger partial charge in [0.15, 0.2) is 5.82 Å². The zero-order valence-corrected chi connectivity index (χ0v) is 14.1. The number of aryl methyl sites for hydroxylation is 1. The van der Waals surface area contributed by atoms with Crippen molar-refractivity contribution in [2.45, 2.75) is 13.3 Å². The van der Waals surface area contributed by atoms with E-state index in [2.05, 4.69) is 37.9 Å². The summed E-state index contributed by atoms with van der Waals surface area (Å²) in [6.45, 7) is 2.76. The molecule has 3 aromatic rings. The van der Waals surface area contributed by atoms with Crippen molar-refractivity contribution in [1.29, 1.82) is 0 Å². The summed E-state index contributed by atoms with van der Waals surface area (Å²) in [7, 11) is 0. The number of hydrogen-bond donors (Lipinski definition) is 2. The molecular formula is C18H18ClN5. The van der Waals surface area contributed by atoms with Crippen LogP contribution in [0.4, 0.5) is 17.5 Å². The molecule has 5 nitrogen and oxygen atoms in total. The third-order valence-corrected chi connectivity index (χ3v) is 3.79. The van der Waals surface area contributed by atoms with Crippen LogP contribution in [-0.4, -0.2) is 21.7 Å². The Bertz CT molecular complexity index is 808. The van der Waals surface area contributed by atoms with Gasteiger partial charge in [-0.3, -0.25) is 0 Å². The van der Waals surface area contributed by atoms with Crippen LogP contribution in [0.3, 0.4) is 0 Å². The van der Waals surface area contributed by atoms with Crippen LogP contribution in [0.25, 0.3) is 0 Å². The maximum Gasteiger partial charge on any atom is 0.249 e. The maximum atomic E-state index is 5.97. The van der Waals surface area contributed by atoms with Gasteiger partial charge in [0.25, 0.3) is 0 Å². The molecule has 6 heteroatoms. The lowest BCUT2D eigenvalue weighted by molar-refractivity contribution is 0.950. The van der Waals surface area contributed by atoms with Gasteiger partial charge < -0.3 is 10.6 Å². The SMILES string of the molecule is Cc1cc(Cl)ccc1Nc1nncc(NCCc2ccccc2)n1. The van der Waals surface area contributed by atoms with Crippen LogP contribution in [0, 0.1) is 6.92 Å². The minimum Gasteiger partial charge on any atom is -0.368 e. The standard InChI is InChI=1S/C18H18ClN5/c1-13-11-15(19)7-8-16(13)22-18-23-17(12-21-24-18)20-10-9-14-5-3-2-4-6-14/h2-8,11-12H,9-10H2,1H3,(H2,20,22,23,24). The zero-order chi connectivity index (χ0) is 16.8. The van der Waals surface area contributed by atoms with Crippen molar-refractivity contribution in [3.63, 3.8) is 0 Å². The Morgan fingerprint density at radius 3 is 2.71 bits per heavy atom. The molecule has 0 saturated heterocycles. The third-order valence-electron chi connectivity index (χ3n) is 3.56. The van der Waals surface area contributed by atoms with E-state index in [-0.39, 0.29) is 0 Å². The van der Waals surface area contributed by atoms with Crippen molar-refractivity contribution in [3.05, 3.63) is 70.9 Å². The normalized spacial score (nSPS) is 10.4. The average Bonchev–Trinajstić information content (AvgIpc) is 2.59. The fourth-order valence-corrected chi connectivity index (χ4v) is 2.54. The molecule has 0 unspecified atom stereocenters. The van der Waals surface area contributed by atoms with Gasteiger partial charge in [0, 0.05) is 17.3 Å². The molecule has 0 bridgehead atoms. The van der Waals surface area contributed by atoms with E-state index in [0.29, 0.717) is 16.8 Å². The second-order valence-corrected chi connectivity index (χ2v) is 5.85. The Morgan fingerprint density at radius 2 is 1.92 bits per heavy atom. The van der Waals surface area contributed by atoms with Gasteiger partial charge in [-0.2, -0.15) is 10.1 Å². The summed E-state index contributed by atoms with van der Waals surface area (Å²) in [5.41, 5.74) is 3.21. The first-order valence-electron chi connectivity index (χ1n) is 7.71. The minimum atomic E-state index is 0.449. The fourth-order valence-electron chi connectivity index (χ4n) is 2.31. The van der Waals surface area contributed by atoms with Gasteiger partial charge >= 0.3 is 0 Å². The molecule has 0 aliphatic heterocycles. The van der Waals surface area contributed by atoms with Crippen molar-refractivity contribution in [2.75, 3.05) is 17.2 Å². The largest absolute Gasteiger partial charge is 0.368 e. The Hall–Kier alpha value is -2.66. The van der Waals surface area contributed by atoms with Gasteiger partial charge in [-0.15, -0.1) is 5.10 Å². The van der Waals surface area contributed by atoms with E-state index in [1.54, 1.807) is 6.20 Å². The summed E-state index contributed by atoms with van der Waals surface area (Å²) in [6.07, 6.45) is 2.54. The number of benzene rings is 2. The molecule has 122 valence electrons. The summed E-state index contributed by atoms with van der Waals surface area (Å²) in [5, 5.41) is 15.1. The zero-order valence-electron chi connectivity index (χ0n) is 13.3. The predicted molar refractivity (Wildman–Crippen MR) is 97.9 cm³/mol. The predicted octanol–water partition coefficient (Wildman–Crippen LogP) is 4.23. The van der Waals surface area contributed by atoms with Crippen molar-refractivity contribution >= 4 is 29.1 Å². The fraction of sp³-hybridized carbons (Fsp3) is 0.167. The van der Waals surface area contributed by atoms with Gasteiger partial charge in [0.05, 0.1) is 6.20 Å². The summed E-state index contributed by atoms with van der Waals surface area (Å²) in [6, 6.07) is 15.9. The molecule has 2 aromatic carbocycles. The highest BCUT2D eigenvalue weighted by Gasteiger charge is 2.04. The summed E-state index contributed by atoms with van der Waals surface area (Å²) in [4.78, 5) is 4.43. The molecule has 0 fully saturated rings. The minimum absolute atomic E-state index is 0.449. The molecule has 0 aliphatic carbocycles. The first-order chi connectivity index (χ1) is 11.7. The highest BCUT2D eigenvalue weighted by atomic mass is 35.5. The van der Waals surface area contributed by atoms with Crippen molar-refractivity contribution < 1.29 is 0 Å². The first kappa shape index (κ1) is 16.2. The van der Waals surface area contributed by atoms with E-state index in [9.17, 15) is 0 Å². The van der Waals surface area contributed by atoms with E-state index in [1.165, 1.54) is 5.56 Å². The Kier molecular flexibility index (Phi) is 5.23. The van der Waals surface area contributed by atoms with Crippen LogP contribution >= 0.6 is 11.6 Å². The molecule has 0 spiro atoms. The highest BCUT2D eigenvalue weighted by Crippen LogP contribution is 2.22. The average molecular weight is 340 g/mol. The summed E-state index contributed by atoms with van der Waals surface area (Å²) in [5.74, 6) is 1.14. The number of anilines is 3.